The van der Waals surface area contributed by atoms with Gasteiger partial charge >= 0.3 is 0 Å². The number of aryl methyl sites for hydroxylation is 1. The number of nitrogens with zero attached hydrogens (tertiary/aromatic N) is 3. The standard InChI is InChI=1S/C32H27N5O4S/c1-20-11-17-24(18-12-20)37-31(41)25-7-3-5-9-27(25)34-32(37)42-19-29(39)33-23-15-13-22(14-16-23)21(2)35-36-30(40)26-8-4-6-10-28(26)38/h3-18,38H,19H2,1-2H3,(H,33,39)(H,36,40)/b35-21+. The van der Waals surface area contributed by atoms with Gasteiger partial charge in [0.25, 0.3) is 11.5 Å². The average Bonchev–Trinajstić information content (AvgIpc) is 3.00. The normalized spacial score (nSPS) is 11.3. The van der Waals surface area contributed by atoms with Crippen molar-refractivity contribution in [1.82, 2.24) is 15.0 Å². The zero-order chi connectivity index (χ0) is 29.6. The first-order valence-electron chi connectivity index (χ1n) is 13.0. The van der Waals surface area contributed by atoms with Gasteiger partial charge in [-0.05, 0) is 67.9 Å². The van der Waals surface area contributed by atoms with E-state index in [0.717, 1.165) is 11.1 Å². The summed E-state index contributed by atoms with van der Waals surface area (Å²) >= 11 is 1.18. The Balaban J connectivity index is 1.26. The molecule has 0 saturated heterocycles. The summed E-state index contributed by atoms with van der Waals surface area (Å²) in [6.07, 6.45) is 0. The monoisotopic (exact) mass is 577 g/mol. The Hall–Kier alpha value is -5.22. The smallest absolute Gasteiger partial charge is 0.275 e. The minimum atomic E-state index is -0.525. The van der Waals surface area contributed by atoms with E-state index in [0.29, 0.717) is 33.1 Å². The molecule has 0 aliphatic carbocycles. The van der Waals surface area contributed by atoms with Crippen LogP contribution < -0.4 is 16.3 Å². The molecule has 2 amide bonds. The number of fused-ring (bicyclic) bond motifs is 1. The molecule has 4 aromatic carbocycles. The van der Waals surface area contributed by atoms with Crippen molar-refractivity contribution in [1.29, 1.82) is 0 Å². The van der Waals surface area contributed by atoms with Crippen LogP contribution in [0, 0.1) is 6.92 Å². The van der Waals surface area contributed by atoms with Crippen LogP contribution in [0.1, 0.15) is 28.4 Å². The fourth-order valence-electron chi connectivity index (χ4n) is 4.18. The molecule has 0 unspecified atom stereocenters. The zero-order valence-corrected chi connectivity index (χ0v) is 23.7. The van der Waals surface area contributed by atoms with Crippen LogP contribution in [0.25, 0.3) is 16.6 Å². The quantitative estimate of drug-likeness (QED) is 0.0997. The number of anilines is 1. The van der Waals surface area contributed by atoms with Crippen LogP contribution in [-0.4, -0.2) is 37.9 Å². The number of phenolic OH excluding ortho intramolecular Hbond substituents is 1. The number of carbonyl (C=O) groups excluding carboxylic acids is 2. The van der Waals surface area contributed by atoms with Crippen LogP contribution in [0.15, 0.2) is 112 Å². The molecule has 1 aromatic heterocycles. The maximum absolute atomic E-state index is 13.4. The Labute approximate surface area is 245 Å². The summed E-state index contributed by atoms with van der Waals surface area (Å²) in [6, 6.07) is 28.0. The van der Waals surface area contributed by atoms with Crippen molar-refractivity contribution in [3.63, 3.8) is 0 Å². The maximum atomic E-state index is 13.4. The van der Waals surface area contributed by atoms with Gasteiger partial charge < -0.3 is 10.4 Å². The van der Waals surface area contributed by atoms with Crippen molar-refractivity contribution < 1.29 is 14.7 Å². The molecule has 10 heteroatoms. The van der Waals surface area contributed by atoms with E-state index in [-0.39, 0.29) is 28.5 Å². The lowest BCUT2D eigenvalue weighted by atomic mass is 10.1. The molecular formula is C32H27N5O4S. The largest absolute Gasteiger partial charge is 0.507 e. The van der Waals surface area contributed by atoms with Crippen LogP contribution in [0.4, 0.5) is 5.69 Å². The van der Waals surface area contributed by atoms with E-state index in [4.69, 9.17) is 0 Å². The molecular weight excluding hydrogens is 550 g/mol. The number of para-hydroxylation sites is 2. The average molecular weight is 578 g/mol. The highest BCUT2D eigenvalue weighted by Crippen LogP contribution is 2.22. The highest BCUT2D eigenvalue weighted by atomic mass is 32.2. The molecule has 1 heterocycles. The molecule has 0 spiro atoms. The minimum absolute atomic E-state index is 0.0389. The van der Waals surface area contributed by atoms with Gasteiger partial charge in [-0.1, -0.05) is 65.9 Å². The van der Waals surface area contributed by atoms with Crippen molar-refractivity contribution in [2.45, 2.75) is 19.0 Å². The van der Waals surface area contributed by atoms with Crippen LogP contribution in [0.3, 0.4) is 0 Å². The van der Waals surface area contributed by atoms with Gasteiger partial charge in [-0.15, -0.1) is 0 Å². The third-order valence-electron chi connectivity index (χ3n) is 6.43. The van der Waals surface area contributed by atoms with E-state index in [1.165, 1.54) is 28.5 Å². The first-order chi connectivity index (χ1) is 20.3. The molecule has 42 heavy (non-hydrogen) atoms. The van der Waals surface area contributed by atoms with Crippen LogP contribution in [-0.2, 0) is 4.79 Å². The third-order valence-corrected chi connectivity index (χ3v) is 7.37. The van der Waals surface area contributed by atoms with Gasteiger partial charge in [0.15, 0.2) is 5.16 Å². The number of carbonyl (C=O) groups is 2. The second-order valence-electron chi connectivity index (χ2n) is 9.46. The van der Waals surface area contributed by atoms with Gasteiger partial charge in [-0.25, -0.2) is 10.4 Å². The number of phenols is 1. The number of aromatic nitrogens is 2. The van der Waals surface area contributed by atoms with Gasteiger partial charge in [0.2, 0.25) is 5.91 Å². The topological polar surface area (TPSA) is 126 Å². The second-order valence-corrected chi connectivity index (χ2v) is 10.4. The summed E-state index contributed by atoms with van der Waals surface area (Å²) < 4.78 is 1.54. The summed E-state index contributed by atoms with van der Waals surface area (Å²) in [6.45, 7) is 3.71. The van der Waals surface area contributed by atoms with E-state index in [2.05, 4.69) is 20.8 Å². The fraction of sp³-hybridized carbons (Fsp3) is 0.0938. The lowest BCUT2D eigenvalue weighted by molar-refractivity contribution is -0.113. The summed E-state index contributed by atoms with van der Waals surface area (Å²) in [5, 5.41) is 17.7. The van der Waals surface area contributed by atoms with Crippen molar-refractivity contribution in [2.24, 2.45) is 5.10 Å². The van der Waals surface area contributed by atoms with Gasteiger partial charge in [0.05, 0.1) is 33.6 Å². The molecule has 3 N–H and O–H groups in total. The summed E-state index contributed by atoms with van der Waals surface area (Å²) in [4.78, 5) is 43.2. The number of hydrazone groups is 1. The Morgan fingerprint density at radius 3 is 2.36 bits per heavy atom. The molecule has 0 radical (unpaired) electrons. The Kier molecular flexibility index (Phi) is 8.44. The Bertz CT molecular complexity index is 1870. The summed E-state index contributed by atoms with van der Waals surface area (Å²) in [5.74, 6) is -0.874. The lowest BCUT2D eigenvalue weighted by Gasteiger charge is -2.13. The SMILES string of the molecule is C/C(=N\NC(=O)c1ccccc1O)c1ccc(NC(=O)CSc2nc3ccccc3c(=O)n2-c2ccc(C)cc2)cc1. The van der Waals surface area contributed by atoms with Crippen LogP contribution in [0.2, 0.25) is 0 Å². The number of benzene rings is 4. The third kappa shape index (κ3) is 6.39. The highest BCUT2D eigenvalue weighted by molar-refractivity contribution is 7.99. The van der Waals surface area contributed by atoms with Gasteiger partial charge in [-0.3, -0.25) is 19.0 Å². The van der Waals surface area contributed by atoms with E-state index < -0.39 is 5.91 Å². The summed E-state index contributed by atoms with van der Waals surface area (Å²) in [5.41, 5.74) is 6.54. The number of aromatic hydroxyl groups is 1. The number of amides is 2. The molecule has 5 rings (SSSR count). The molecule has 0 aliphatic rings. The molecule has 5 aromatic rings. The van der Waals surface area contributed by atoms with E-state index in [1.807, 2.05) is 37.3 Å². The van der Waals surface area contributed by atoms with Crippen LogP contribution >= 0.6 is 11.8 Å². The number of rotatable bonds is 8. The molecule has 210 valence electrons. The Morgan fingerprint density at radius 1 is 0.929 bits per heavy atom. The van der Waals surface area contributed by atoms with Crippen molar-refractivity contribution >= 4 is 45.9 Å². The maximum Gasteiger partial charge on any atom is 0.275 e. The van der Waals surface area contributed by atoms with E-state index in [9.17, 15) is 19.5 Å². The van der Waals surface area contributed by atoms with Crippen LogP contribution in [0.5, 0.6) is 5.75 Å². The summed E-state index contributed by atoms with van der Waals surface area (Å²) in [7, 11) is 0. The molecule has 0 fully saturated rings. The van der Waals surface area contributed by atoms with E-state index >= 15 is 0 Å². The molecule has 0 aliphatic heterocycles. The lowest BCUT2D eigenvalue weighted by Crippen LogP contribution is -2.23. The van der Waals surface area contributed by atoms with E-state index in [1.54, 1.807) is 61.5 Å². The predicted molar refractivity (Wildman–Crippen MR) is 166 cm³/mol. The van der Waals surface area contributed by atoms with Gasteiger partial charge in [0.1, 0.15) is 5.75 Å². The molecule has 0 bridgehead atoms. The number of hydrogen-bond donors (Lipinski definition) is 3. The highest BCUT2D eigenvalue weighted by Gasteiger charge is 2.15. The first kappa shape index (κ1) is 28.3. The number of nitrogens with one attached hydrogen (secondary N) is 2. The van der Waals surface area contributed by atoms with Gasteiger partial charge in [-0.2, -0.15) is 5.10 Å². The van der Waals surface area contributed by atoms with Gasteiger partial charge in [0, 0.05) is 5.69 Å². The molecule has 9 nitrogen and oxygen atoms in total. The number of thioether (sulfide) groups is 1. The predicted octanol–water partition coefficient (Wildman–Crippen LogP) is 5.28. The molecule has 0 saturated carbocycles. The fourth-order valence-corrected chi connectivity index (χ4v) is 4.99. The first-order valence-corrected chi connectivity index (χ1v) is 14.0. The Morgan fingerprint density at radius 2 is 1.62 bits per heavy atom. The zero-order valence-electron chi connectivity index (χ0n) is 22.9. The molecule has 0 atom stereocenters. The van der Waals surface area contributed by atoms with Crippen molar-refractivity contribution in [2.75, 3.05) is 11.1 Å². The number of hydrogen-bond acceptors (Lipinski definition) is 7. The minimum Gasteiger partial charge on any atom is -0.507 e. The second kappa shape index (κ2) is 12.5. The van der Waals surface area contributed by atoms with Crippen molar-refractivity contribution in [3.8, 4) is 11.4 Å². The van der Waals surface area contributed by atoms with Crippen molar-refractivity contribution in [3.05, 3.63) is 124 Å².